The molecule has 67 heavy (non-hydrogen) atoms. The van der Waals surface area contributed by atoms with Crippen LogP contribution in [0.1, 0.15) is 186 Å². The van der Waals surface area contributed by atoms with Gasteiger partial charge in [-0.3, -0.25) is 15.0 Å². The van der Waals surface area contributed by atoms with Crippen LogP contribution in [-0.2, 0) is 14.3 Å². The van der Waals surface area contributed by atoms with Gasteiger partial charge in [0.05, 0.1) is 17.9 Å². The van der Waals surface area contributed by atoms with Crippen LogP contribution in [0.2, 0.25) is 0 Å². The van der Waals surface area contributed by atoms with Crippen molar-refractivity contribution in [1.82, 2.24) is 4.90 Å². The predicted molar refractivity (Wildman–Crippen MR) is 277 cm³/mol. The molecule has 4 fully saturated rings. The van der Waals surface area contributed by atoms with Gasteiger partial charge in [-0.25, -0.2) is 0 Å². The highest BCUT2D eigenvalue weighted by atomic mass is 16.5. The summed E-state index contributed by atoms with van der Waals surface area (Å²) in [6, 6.07) is 7.86. The fourth-order valence-corrected chi connectivity index (χ4v) is 13.5. The van der Waals surface area contributed by atoms with E-state index in [1.54, 1.807) is 52.9 Å². The quantitative estimate of drug-likeness (QED) is 0.0701. The van der Waals surface area contributed by atoms with E-state index >= 15 is 0 Å². The van der Waals surface area contributed by atoms with Crippen molar-refractivity contribution in [3.63, 3.8) is 0 Å². The van der Waals surface area contributed by atoms with Gasteiger partial charge in [0.2, 0.25) is 0 Å². The molecule has 0 radical (unpaired) electrons. The van der Waals surface area contributed by atoms with E-state index in [-0.39, 0.29) is 27.9 Å². The zero-order chi connectivity index (χ0) is 51.1. The van der Waals surface area contributed by atoms with E-state index in [1.807, 2.05) is 52.0 Å². The lowest BCUT2D eigenvalue weighted by Crippen LogP contribution is -2.68. The standard InChI is InChI=1S/C49H73N3O4.C5H10O2.2C2H6/c1-12-14-34-29-48(27-28-52(10)43(50)33-15-17-36(55-11)18-16-33)25-21-40-47(9)23-19-37-32(5)38(56-35(13-2)30-45(6,7)44(53)54)20-24-46(37,8)39(47)22-26-49(40,51)42(48)41(34)31(3)4;1-5(2,3)4(6)7;2*1-2/h14-18,31-32,37-40,50H,2,12,19-30,51H2,1,3-11H3,(H,53,54);1-3H3,(H,6,7);2*1-2H3/b34-14-,50-43?;;;. The Hall–Kier alpha value is -3.81. The Morgan fingerprint density at radius 1 is 0.940 bits per heavy atom. The fraction of sp³-hybridized carbons (Fsp3) is 0.724. The summed E-state index contributed by atoms with van der Waals surface area (Å²) < 4.78 is 12.0. The zero-order valence-corrected chi connectivity index (χ0v) is 45.3. The largest absolute Gasteiger partial charge is 0.497 e. The molecule has 9 atom stereocenters. The summed E-state index contributed by atoms with van der Waals surface area (Å²) in [4.78, 5) is 24.1. The van der Waals surface area contributed by atoms with E-state index < -0.39 is 22.8 Å². The number of nitrogens with one attached hydrogen (secondary N) is 1. The number of benzene rings is 1. The molecule has 0 saturated heterocycles. The van der Waals surface area contributed by atoms with E-state index in [9.17, 15) is 14.7 Å². The number of allylic oxidation sites excluding steroid dienone is 4. The van der Waals surface area contributed by atoms with Gasteiger partial charge in [0.15, 0.2) is 0 Å². The number of nitrogens with two attached hydrogens (primary N) is 1. The van der Waals surface area contributed by atoms with Crippen LogP contribution in [0, 0.1) is 62.1 Å². The predicted octanol–water partition coefficient (Wildman–Crippen LogP) is 14.1. The number of carbonyl (C=O) groups is 2. The molecule has 0 spiro atoms. The first-order chi connectivity index (χ1) is 31.3. The van der Waals surface area contributed by atoms with Gasteiger partial charge in [-0.15, -0.1) is 0 Å². The van der Waals surface area contributed by atoms with Gasteiger partial charge in [-0.2, -0.15) is 0 Å². The highest BCUT2D eigenvalue weighted by Gasteiger charge is 2.68. The highest BCUT2D eigenvalue weighted by molar-refractivity contribution is 5.96. The Kier molecular flexibility index (Phi) is 19.5. The first-order valence-electron chi connectivity index (χ1n) is 26.0. The van der Waals surface area contributed by atoms with Gasteiger partial charge in [-0.1, -0.05) is 87.6 Å². The molecule has 0 aliphatic heterocycles. The third-order valence-corrected chi connectivity index (χ3v) is 17.0. The summed E-state index contributed by atoms with van der Waals surface area (Å²) in [6.07, 6.45) is 14.9. The first kappa shape index (κ1) is 57.5. The normalized spacial score (nSPS) is 31.3. The Morgan fingerprint density at radius 3 is 2.01 bits per heavy atom. The summed E-state index contributed by atoms with van der Waals surface area (Å²) >= 11 is 0. The van der Waals surface area contributed by atoms with Crippen LogP contribution < -0.4 is 10.5 Å². The SMILES string of the molecule is C=C=C(CC(C)(C)C(=O)O)OC1CCC2(C)C(CCC3(C)C4CCC5(CCN(C)C(=N)c6ccc(OC)cc6)C/C(=C/CC)C(C(C)C)=C5C4(N)CCC23)C1C.CC.CC.CC(C)(C)C(=O)O. The number of carboxylic acid groups (broad SMARTS) is 2. The Bertz CT molecular complexity index is 1990. The maximum Gasteiger partial charge on any atom is 0.309 e. The highest BCUT2D eigenvalue weighted by Crippen LogP contribution is 2.73. The maximum atomic E-state index is 11.9. The molecule has 0 heterocycles. The van der Waals surface area contributed by atoms with Crippen LogP contribution >= 0.6 is 0 Å². The molecule has 0 bridgehead atoms. The first-order valence-corrected chi connectivity index (χ1v) is 26.0. The minimum absolute atomic E-state index is 0.0140. The number of aliphatic carboxylic acids is 2. The monoisotopic (exact) mass is 930 g/mol. The minimum atomic E-state index is -0.930. The third kappa shape index (κ3) is 11.6. The second-order valence-electron chi connectivity index (χ2n) is 22.7. The molecule has 5 N–H and O–H groups in total. The van der Waals surface area contributed by atoms with Crippen LogP contribution in [0.3, 0.4) is 0 Å². The summed E-state index contributed by atoms with van der Waals surface area (Å²) in [7, 11) is 3.76. The number of amidine groups is 1. The lowest BCUT2D eigenvalue weighted by Gasteiger charge is -2.69. The lowest BCUT2D eigenvalue weighted by molar-refractivity contribution is -0.185. The van der Waals surface area contributed by atoms with E-state index in [1.165, 1.54) is 18.4 Å². The van der Waals surface area contributed by atoms with Crippen molar-refractivity contribution in [1.29, 1.82) is 5.41 Å². The fourth-order valence-electron chi connectivity index (χ4n) is 13.5. The molecule has 0 amide bonds. The molecule has 9 heteroatoms. The molecule has 6 rings (SSSR count). The van der Waals surface area contributed by atoms with E-state index in [4.69, 9.17) is 25.7 Å². The van der Waals surface area contributed by atoms with E-state index in [0.717, 1.165) is 75.6 Å². The zero-order valence-electron chi connectivity index (χ0n) is 45.3. The summed E-state index contributed by atoms with van der Waals surface area (Å²) in [5.74, 6) is 2.68. The number of fused-ring (bicyclic) bond motifs is 7. The van der Waals surface area contributed by atoms with Crippen molar-refractivity contribution in [3.05, 3.63) is 70.7 Å². The molecule has 1 aromatic rings. The average Bonchev–Trinajstić information content (AvgIpc) is 3.62. The van der Waals surface area contributed by atoms with Crippen LogP contribution in [0.25, 0.3) is 0 Å². The Morgan fingerprint density at radius 2 is 1.51 bits per heavy atom. The average molecular weight is 930 g/mol. The Balaban J connectivity index is 0.000000979. The summed E-state index contributed by atoms with van der Waals surface area (Å²) in [5, 5.41) is 27.1. The smallest absolute Gasteiger partial charge is 0.309 e. The number of carboxylic acids is 2. The van der Waals surface area contributed by atoms with Crippen LogP contribution in [-0.4, -0.2) is 65.2 Å². The van der Waals surface area contributed by atoms with Gasteiger partial charge >= 0.3 is 11.9 Å². The third-order valence-electron chi connectivity index (χ3n) is 17.0. The van der Waals surface area contributed by atoms with Crippen molar-refractivity contribution in [2.45, 2.75) is 193 Å². The molecule has 9 nitrogen and oxygen atoms in total. The number of nitrogens with zero attached hydrogens (tertiary/aromatic N) is 1. The van der Waals surface area contributed by atoms with Crippen molar-refractivity contribution < 1.29 is 29.3 Å². The van der Waals surface area contributed by atoms with Gasteiger partial charge in [0, 0.05) is 31.1 Å². The molecule has 0 aromatic heterocycles. The molecule has 5 aliphatic carbocycles. The van der Waals surface area contributed by atoms with E-state index in [0.29, 0.717) is 47.6 Å². The number of ether oxygens (including phenoxy) is 2. The molecular formula is C58H95N3O6. The van der Waals surface area contributed by atoms with Gasteiger partial charge in [-0.05, 0) is 192 Å². The maximum absolute atomic E-state index is 11.9. The molecule has 4 saturated carbocycles. The van der Waals surface area contributed by atoms with Crippen molar-refractivity contribution in [2.75, 3.05) is 20.7 Å². The van der Waals surface area contributed by atoms with Gasteiger partial charge < -0.3 is 30.3 Å². The lowest BCUT2D eigenvalue weighted by atomic mass is 9.36. The second-order valence-corrected chi connectivity index (χ2v) is 22.7. The molecule has 5 aliphatic rings. The molecule has 1 aromatic carbocycles. The number of hydrogen-bond donors (Lipinski definition) is 4. The number of methoxy groups -OCH3 is 1. The van der Waals surface area contributed by atoms with Gasteiger partial charge in [0.1, 0.15) is 23.4 Å². The second kappa shape index (κ2) is 22.7. The van der Waals surface area contributed by atoms with Crippen molar-refractivity contribution >= 4 is 17.8 Å². The van der Waals surface area contributed by atoms with Crippen molar-refractivity contribution in [3.8, 4) is 5.75 Å². The number of rotatable bonds is 12. The summed E-state index contributed by atoms with van der Waals surface area (Å²) in [5.41, 5.74) is 15.2. The van der Waals surface area contributed by atoms with E-state index in [2.05, 4.69) is 71.9 Å². The Labute approximate surface area is 408 Å². The van der Waals surface area contributed by atoms with Crippen LogP contribution in [0.4, 0.5) is 0 Å². The molecule has 9 unspecified atom stereocenters. The van der Waals surface area contributed by atoms with Crippen LogP contribution in [0.5, 0.6) is 5.75 Å². The molecular weight excluding hydrogens is 835 g/mol. The molecule has 378 valence electrons. The van der Waals surface area contributed by atoms with Crippen LogP contribution in [0.15, 0.2) is 65.1 Å². The minimum Gasteiger partial charge on any atom is -0.497 e. The summed E-state index contributed by atoms with van der Waals surface area (Å²) in [6.45, 7) is 35.8. The number of hydrogen-bond acceptors (Lipinski definition) is 6. The van der Waals surface area contributed by atoms with Crippen molar-refractivity contribution in [2.24, 2.45) is 62.4 Å². The van der Waals surface area contributed by atoms with Gasteiger partial charge in [0.25, 0.3) is 0 Å². The topological polar surface area (TPSA) is 146 Å².